The molecule has 100 valence electrons. The van der Waals surface area contributed by atoms with E-state index in [1.54, 1.807) is 11.3 Å². The van der Waals surface area contributed by atoms with Gasteiger partial charge in [-0.2, -0.15) is 0 Å². The van der Waals surface area contributed by atoms with Crippen molar-refractivity contribution in [2.75, 3.05) is 6.61 Å². The fourth-order valence-electron chi connectivity index (χ4n) is 3.02. The number of Topliss-reactive ketones (excluding diaryl/α,β-unsaturated/α-hetero) is 1. The Morgan fingerprint density at radius 2 is 2.00 bits per heavy atom. The van der Waals surface area contributed by atoms with E-state index in [2.05, 4.69) is 18.2 Å². The van der Waals surface area contributed by atoms with Crippen molar-refractivity contribution in [2.45, 2.75) is 19.8 Å². The highest BCUT2D eigenvalue weighted by Crippen LogP contribution is 2.41. The van der Waals surface area contributed by atoms with Crippen LogP contribution in [-0.2, 0) is 6.42 Å². The molecule has 4 rings (SSSR count). The first-order valence-corrected chi connectivity index (χ1v) is 7.73. The molecular weight excluding hydrogens is 268 g/mol. The molecule has 2 aromatic carbocycles. The van der Waals surface area contributed by atoms with Crippen molar-refractivity contribution in [2.24, 2.45) is 0 Å². The molecule has 0 atom stereocenters. The number of benzene rings is 2. The van der Waals surface area contributed by atoms with E-state index in [0.29, 0.717) is 13.0 Å². The van der Waals surface area contributed by atoms with E-state index in [0.717, 1.165) is 17.7 Å². The van der Waals surface area contributed by atoms with Gasteiger partial charge in [-0.25, -0.2) is 0 Å². The van der Waals surface area contributed by atoms with Gasteiger partial charge >= 0.3 is 0 Å². The second-order valence-electron chi connectivity index (χ2n) is 5.08. The van der Waals surface area contributed by atoms with E-state index in [9.17, 15) is 4.79 Å². The van der Waals surface area contributed by atoms with Crippen molar-refractivity contribution >= 4 is 37.3 Å². The number of ketones is 1. The SMILES string of the molecule is CCOc1ccc2c(c1)sc1c3c(ccc12)C(=O)CC3. The molecule has 0 saturated heterocycles. The average molecular weight is 282 g/mol. The maximum atomic E-state index is 11.8. The summed E-state index contributed by atoms with van der Waals surface area (Å²) in [5.41, 5.74) is 2.17. The molecule has 0 amide bonds. The third-order valence-electron chi connectivity index (χ3n) is 3.93. The van der Waals surface area contributed by atoms with Gasteiger partial charge in [0.15, 0.2) is 5.78 Å². The molecular formula is C17H14O2S. The number of carbonyl (C=O) groups is 1. The highest BCUT2D eigenvalue weighted by Gasteiger charge is 2.23. The van der Waals surface area contributed by atoms with Crippen LogP contribution in [0.5, 0.6) is 5.75 Å². The molecule has 1 aliphatic carbocycles. The highest BCUT2D eigenvalue weighted by molar-refractivity contribution is 7.26. The lowest BCUT2D eigenvalue weighted by atomic mass is 10.1. The predicted octanol–water partition coefficient (Wildman–Crippen LogP) is 4.58. The van der Waals surface area contributed by atoms with Crippen molar-refractivity contribution in [1.29, 1.82) is 0 Å². The average Bonchev–Trinajstić information content (AvgIpc) is 2.99. The molecule has 1 heterocycles. The van der Waals surface area contributed by atoms with Crippen LogP contribution in [0.4, 0.5) is 0 Å². The number of thiophene rings is 1. The smallest absolute Gasteiger partial charge is 0.163 e. The molecule has 1 aromatic heterocycles. The van der Waals surface area contributed by atoms with Crippen molar-refractivity contribution in [3.63, 3.8) is 0 Å². The Labute approximate surface area is 121 Å². The Hall–Kier alpha value is -1.87. The van der Waals surface area contributed by atoms with Crippen molar-refractivity contribution in [1.82, 2.24) is 0 Å². The van der Waals surface area contributed by atoms with Crippen LogP contribution in [0.25, 0.3) is 20.2 Å². The zero-order valence-corrected chi connectivity index (χ0v) is 12.0. The zero-order chi connectivity index (χ0) is 13.7. The first kappa shape index (κ1) is 11.9. The molecule has 20 heavy (non-hydrogen) atoms. The topological polar surface area (TPSA) is 26.3 Å². The van der Waals surface area contributed by atoms with Gasteiger partial charge in [-0.05, 0) is 37.1 Å². The van der Waals surface area contributed by atoms with Gasteiger partial charge in [-0.15, -0.1) is 11.3 Å². The van der Waals surface area contributed by atoms with Crippen LogP contribution in [0.2, 0.25) is 0 Å². The van der Waals surface area contributed by atoms with Gasteiger partial charge in [0, 0.05) is 32.2 Å². The Kier molecular flexibility index (Phi) is 2.57. The number of hydrogen-bond donors (Lipinski definition) is 0. The van der Waals surface area contributed by atoms with Crippen LogP contribution < -0.4 is 4.74 Å². The van der Waals surface area contributed by atoms with Gasteiger partial charge in [0.25, 0.3) is 0 Å². The summed E-state index contributed by atoms with van der Waals surface area (Å²) >= 11 is 1.78. The van der Waals surface area contributed by atoms with Crippen LogP contribution in [-0.4, -0.2) is 12.4 Å². The van der Waals surface area contributed by atoms with Crippen LogP contribution in [0.15, 0.2) is 30.3 Å². The Bertz CT molecular complexity index is 845. The number of ether oxygens (including phenoxy) is 1. The van der Waals surface area contributed by atoms with Gasteiger partial charge in [0.05, 0.1) is 6.61 Å². The van der Waals surface area contributed by atoms with E-state index >= 15 is 0 Å². The molecule has 0 N–H and O–H groups in total. The summed E-state index contributed by atoms with van der Waals surface area (Å²) in [6, 6.07) is 10.3. The Morgan fingerprint density at radius 3 is 2.85 bits per heavy atom. The van der Waals surface area contributed by atoms with Crippen molar-refractivity contribution in [3.8, 4) is 5.75 Å². The molecule has 1 aliphatic rings. The molecule has 3 aromatic rings. The normalized spacial score (nSPS) is 14.2. The van der Waals surface area contributed by atoms with Gasteiger partial charge in [-0.1, -0.05) is 12.1 Å². The number of aryl methyl sites for hydroxylation is 1. The maximum Gasteiger partial charge on any atom is 0.163 e. The van der Waals surface area contributed by atoms with E-state index in [4.69, 9.17) is 4.74 Å². The molecule has 0 fully saturated rings. The Balaban J connectivity index is 2.02. The minimum atomic E-state index is 0.286. The number of hydrogen-bond acceptors (Lipinski definition) is 3. The predicted molar refractivity (Wildman–Crippen MR) is 83.2 cm³/mol. The fourth-order valence-corrected chi connectivity index (χ4v) is 4.32. The number of fused-ring (bicyclic) bond motifs is 5. The number of rotatable bonds is 2. The summed E-state index contributed by atoms with van der Waals surface area (Å²) in [4.78, 5) is 11.8. The molecule has 0 aliphatic heterocycles. The summed E-state index contributed by atoms with van der Waals surface area (Å²) < 4.78 is 8.08. The van der Waals surface area contributed by atoms with Crippen LogP contribution in [0, 0.1) is 0 Å². The second-order valence-corrected chi connectivity index (χ2v) is 6.14. The lowest BCUT2D eigenvalue weighted by Gasteiger charge is -2.02. The van der Waals surface area contributed by atoms with Crippen molar-refractivity contribution in [3.05, 3.63) is 41.5 Å². The van der Waals surface area contributed by atoms with E-state index in [-0.39, 0.29) is 5.78 Å². The standard InChI is InChI=1S/C17H14O2S/c1-2-19-10-3-4-12-14-6-5-11-13(7-8-15(11)18)17(14)20-16(12)9-10/h3-6,9H,2,7-8H2,1H3. The number of carbonyl (C=O) groups excluding carboxylic acids is 1. The van der Waals surface area contributed by atoms with Crippen LogP contribution in [0.1, 0.15) is 29.3 Å². The maximum absolute atomic E-state index is 11.8. The molecule has 2 nitrogen and oxygen atoms in total. The first-order chi connectivity index (χ1) is 9.78. The Morgan fingerprint density at radius 1 is 1.15 bits per heavy atom. The quantitative estimate of drug-likeness (QED) is 0.687. The lowest BCUT2D eigenvalue weighted by molar-refractivity contribution is 0.0994. The lowest BCUT2D eigenvalue weighted by Crippen LogP contribution is -1.90. The van der Waals surface area contributed by atoms with Crippen molar-refractivity contribution < 1.29 is 9.53 Å². The summed E-state index contributed by atoms with van der Waals surface area (Å²) in [5.74, 6) is 1.20. The van der Waals surface area contributed by atoms with Gasteiger partial charge in [0.1, 0.15) is 5.75 Å². The first-order valence-electron chi connectivity index (χ1n) is 6.92. The summed E-state index contributed by atoms with van der Waals surface area (Å²) in [7, 11) is 0. The van der Waals surface area contributed by atoms with Gasteiger partial charge < -0.3 is 4.74 Å². The molecule has 0 radical (unpaired) electrons. The van der Waals surface area contributed by atoms with Crippen LogP contribution in [0.3, 0.4) is 0 Å². The largest absolute Gasteiger partial charge is 0.494 e. The highest BCUT2D eigenvalue weighted by atomic mass is 32.1. The third-order valence-corrected chi connectivity index (χ3v) is 5.16. The molecule has 0 saturated carbocycles. The molecule has 0 unspecified atom stereocenters. The van der Waals surface area contributed by atoms with Crippen LogP contribution >= 0.6 is 11.3 Å². The second kappa shape index (κ2) is 4.32. The van der Waals surface area contributed by atoms with Gasteiger partial charge in [-0.3, -0.25) is 4.79 Å². The molecule has 0 spiro atoms. The summed E-state index contributed by atoms with van der Waals surface area (Å²) in [6.45, 7) is 2.67. The summed E-state index contributed by atoms with van der Waals surface area (Å²) in [5, 5.41) is 2.53. The monoisotopic (exact) mass is 282 g/mol. The fraction of sp³-hybridized carbons (Fsp3) is 0.235. The molecule has 3 heteroatoms. The third kappa shape index (κ3) is 1.59. The van der Waals surface area contributed by atoms with E-state index in [1.165, 1.54) is 25.7 Å². The summed E-state index contributed by atoms with van der Waals surface area (Å²) in [6.07, 6.45) is 1.55. The van der Waals surface area contributed by atoms with Gasteiger partial charge in [0.2, 0.25) is 0 Å². The van der Waals surface area contributed by atoms with E-state index in [1.807, 2.05) is 19.1 Å². The minimum absolute atomic E-state index is 0.286. The zero-order valence-electron chi connectivity index (χ0n) is 11.2. The molecule has 0 bridgehead atoms. The minimum Gasteiger partial charge on any atom is -0.494 e. The van der Waals surface area contributed by atoms with E-state index < -0.39 is 0 Å².